The maximum absolute atomic E-state index is 13.5. The first-order valence-corrected chi connectivity index (χ1v) is 14.1. The van der Waals surface area contributed by atoms with Crippen LogP contribution in [0, 0.1) is 19.7 Å². The van der Waals surface area contributed by atoms with E-state index in [9.17, 15) is 17.6 Å². The Labute approximate surface area is 231 Å². The van der Waals surface area contributed by atoms with Crippen molar-refractivity contribution < 1.29 is 17.6 Å². The number of benzene rings is 3. The zero-order valence-electron chi connectivity index (χ0n) is 21.8. The SMILES string of the molecule is Cc1ccc(NCS(=O)(=O)c2cccc(F)c2)cc1Nc1ncnn2cc(C(=O)NCc3ccccc3)c(C)c12. The smallest absolute Gasteiger partial charge is 0.253 e. The van der Waals surface area contributed by atoms with Crippen molar-refractivity contribution in [3.8, 4) is 0 Å². The first-order valence-electron chi connectivity index (χ1n) is 12.5. The lowest BCUT2D eigenvalue weighted by Gasteiger charge is -2.14. The van der Waals surface area contributed by atoms with E-state index < -0.39 is 21.5 Å². The minimum absolute atomic E-state index is 0.0962. The Morgan fingerprint density at radius 1 is 1.00 bits per heavy atom. The first-order chi connectivity index (χ1) is 19.2. The number of anilines is 3. The van der Waals surface area contributed by atoms with E-state index in [-0.39, 0.29) is 10.8 Å². The molecule has 204 valence electrons. The Hall–Kier alpha value is -4.77. The lowest BCUT2D eigenvalue weighted by molar-refractivity contribution is 0.0950. The molecule has 5 aromatic rings. The molecule has 0 aliphatic carbocycles. The second kappa shape index (κ2) is 11.1. The van der Waals surface area contributed by atoms with Crippen molar-refractivity contribution in [2.24, 2.45) is 0 Å². The van der Waals surface area contributed by atoms with Crippen molar-refractivity contribution in [1.29, 1.82) is 0 Å². The third-order valence-corrected chi connectivity index (χ3v) is 7.98. The van der Waals surface area contributed by atoms with Crippen molar-refractivity contribution >= 4 is 38.5 Å². The average Bonchev–Trinajstić information content (AvgIpc) is 3.30. The topological polar surface area (TPSA) is 117 Å². The number of amides is 1. The van der Waals surface area contributed by atoms with Gasteiger partial charge in [-0.15, -0.1) is 0 Å². The molecule has 0 atom stereocenters. The van der Waals surface area contributed by atoms with Gasteiger partial charge in [0.1, 0.15) is 23.5 Å². The van der Waals surface area contributed by atoms with Gasteiger partial charge in [0.05, 0.1) is 10.5 Å². The number of fused-ring (bicyclic) bond motifs is 1. The molecular weight excluding hydrogens is 531 g/mol. The van der Waals surface area contributed by atoms with E-state index in [1.54, 1.807) is 22.8 Å². The van der Waals surface area contributed by atoms with E-state index >= 15 is 0 Å². The Morgan fingerprint density at radius 3 is 2.58 bits per heavy atom. The van der Waals surface area contributed by atoms with Gasteiger partial charge in [-0.1, -0.05) is 42.5 Å². The van der Waals surface area contributed by atoms with Gasteiger partial charge >= 0.3 is 0 Å². The van der Waals surface area contributed by atoms with Gasteiger partial charge < -0.3 is 16.0 Å². The molecule has 0 aliphatic heterocycles. The number of nitrogens with one attached hydrogen (secondary N) is 3. The Morgan fingerprint density at radius 2 is 1.80 bits per heavy atom. The third-order valence-electron chi connectivity index (χ3n) is 6.48. The standard InChI is InChI=1S/C29H27FN6O3S/c1-19-11-12-23(33-18-40(38,39)24-10-6-9-22(30)13-24)14-26(19)35-28-27-20(2)25(16-36(27)34-17-32-28)29(37)31-15-21-7-4-3-5-8-21/h3-14,16-17,33H,15,18H2,1-2H3,(H,31,37)(H,32,34,35). The van der Waals surface area contributed by atoms with Gasteiger partial charge in [0.15, 0.2) is 15.7 Å². The molecule has 5 rings (SSSR count). The van der Waals surface area contributed by atoms with Gasteiger partial charge in [-0.25, -0.2) is 22.3 Å². The van der Waals surface area contributed by atoms with E-state index in [1.165, 1.54) is 24.5 Å². The summed E-state index contributed by atoms with van der Waals surface area (Å²) in [5.41, 5.74) is 4.94. The third kappa shape index (κ3) is 5.79. The summed E-state index contributed by atoms with van der Waals surface area (Å²) in [4.78, 5) is 17.3. The quantitative estimate of drug-likeness (QED) is 0.233. The summed E-state index contributed by atoms with van der Waals surface area (Å²) < 4.78 is 40.5. The molecule has 40 heavy (non-hydrogen) atoms. The van der Waals surface area contributed by atoms with Crippen LogP contribution in [0.2, 0.25) is 0 Å². The highest BCUT2D eigenvalue weighted by Gasteiger charge is 2.19. The predicted octanol–water partition coefficient (Wildman–Crippen LogP) is 5.00. The van der Waals surface area contributed by atoms with E-state index in [1.807, 2.05) is 50.2 Å². The highest BCUT2D eigenvalue weighted by Crippen LogP contribution is 2.29. The molecule has 0 bridgehead atoms. The summed E-state index contributed by atoms with van der Waals surface area (Å²) in [6.07, 6.45) is 3.06. The van der Waals surface area contributed by atoms with Crippen LogP contribution in [0.1, 0.15) is 27.0 Å². The number of aryl methyl sites for hydroxylation is 2. The zero-order valence-corrected chi connectivity index (χ0v) is 22.7. The number of sulfone groups is 1. The van der Waals surface area contributed by atoms with Crippen LogP contribution in [-0.2, 0) is 16.4 Å². The number of halogens is 1. The summed E-state index contributed by atoms with van der Waals surface area (Å²) in [6, 6.07) is 19.9. The molecule has 2 heterocycles. The fourth-order valence-corrected chi connectivity index (χ4v) is 5.37. The lowest BCUT2D eigenvalue weighted by Crippen LogP contribution is -2.22. The highest BCUT2D eigenvalue weighted by molar-refractivity contribution is 7.91. The van der Waals surface area contributed by atoms with Gasteiger partial charge in [-0.05, 0) is 60.9 Å². The Kier molecular flexibility index (Phi) is 7.47. The molecule has 0 saturated heterocycles. The summed E-state index contributed by atoms with van der Waals surface area (Å²) in [5, 5.41) is 13.4. The highest BCUT2D eigenvalue weighted by atomic mass is 32.2. The van der Waals surface area contributed by atoms with Gasteiger partial charge in [0.25, 0.3) is 5.91 Å². The van der Waals surface area contributed by atoms with E-state index in [2.05, 4.69) is 26.0 Å². The van der Waals surface area contributed by atoms with Crippen LogP contribution in [0.15, 0.2) is 90.2 Å². The van der Waals surface area contributed by atoms with Crippen LogP contribution in [0.3, 0.4) is 0 Å². The minimum Gasteiger partial charge on any atom is -0.371 e. The molecule has 0 aliphatic rings. The van der Waals surface area contributed by atoms with Crippen LogP contribution in [0.25, 0.3) is 5.52 Å². The average molecular weight is 559 g/mol. The van der Waals surface area contributed by atoms with Crippen LogP contribution < -0.4 is 16.0 Å². The van der Waals surface area contributed by atoms with Gasteiger partial charge in [-0.3, -0.25) is 4.79 Å². The molecule has 1 amide bonds. The lowest BCUT2D eigenvalue weighted by atomic mass is 10.1. The molecule has 11 heteroatoms. The van der Waals surface area contributed by atoms with E-state index in [0.717, 1.165) is 17.2 Å². The van der Waals surface area contributed by atoms with Crippen molar-refractivity contribution in [1.82, 2.24) is 19.9 Å². The Bertz CT molecular complexity index is 1810. The first kappa shape index (κ1) is 26.8. The molecule has 0 fully saturated rings. The Balaban J connectivity index is 1.36. The summed E-state index contributed by atoms with van der Waals surface area (Å²) in [7, 11) is -3.76. The zero-order chi connectivity index (χ0) is 28.3. The van der Waals surface area contributed by atoms with Gasteiger partial charge in [0, 0.05) is 24.1 Å². The summed E-state index contributed by atoms with van der Waals surface area (Å²) >= 11 is 0. The largest absolute Gasteiger partial charge is 0.371 e. The molecule has 0 spiro atoms. The fourth-order valence-electron chi connectivity index (χ4n) is 4.27. The molecular formula is C29H27FN6O3S. The number of aromatic nitrogens is 3. The number of nitrogens with zero attached hydrogens (tertiary/aromatic N) is 3. The van der Waals surface area contributed by atoms with Crippen molar-refractivity contribution in [2.45, 2.75) is 25.3 Å². The number of carbonyl (C=O) groups is 1. The van der Waals surface area contributed by atoms with Gasteiger partial charge in [0.2, 0.25) is 0 Å². The normalized spacial score (nSPS) is 11.4. The summed E-state index contributed by atoms with van der Waals surface area (Å²) in [5.74, 6) is -0.755. The number of hydrogen-bond acceptors (Lipinski definition) is 7. The molecule has 2 aromatic heterocycles. The summed E-state index contributed by atoms with van der Waals surface area (Å²) in [6.45, 7) is 4.14. The van der Waals surface area contributed by atoms with Crippen molar-refractivity contribution in [2.75, 3.05) is 16.5 Å². The van der Waals surface area contributed by atoms with Crippen LogP contribution in [-0.4, -0.2) is 34.8 Å². The van der Waals surface area contributed by atoms with Gasteiger partial charge in [-0.2, -0.15) is 5.10 Å². The predicted molar refractivity (Wildman–Crippen MR) is 152 cm³/mol. The van der Waals surface area contributed by atoms with E-state index in [0.29, 0.717) is 40.4 Å². The van der Waals surface area contributed by atoms with Crippen LogP contribution in [0.5, 0.6) is 0 Å². The number of rotatable bonds is 9. The number of carbonyl (C=O) groups excluding carboxylic acids is 1. The molecule has 3 N–H and O–H groups in total. The fraction of sp³-hybridized carbons (Fsp3) is 0.138. The molecule has 0 saturated carbocycles. The molecule has 9 nitrogen and oxygen atoms in total. The van der Waals surface area contributed by atoms with Crippen molar-refractivity contribution in [3.05, 3.63) is 113 Å². The maximum atomic E-state index is 13.5. The second-order valence-electron chi connectivity index (χ2n) is 9.29. The van der Waals surface area contributed by atoms with E-state index in [4.69, 9.17) is 0 Å². The van der Waals surface area contributed by atoms with Crippen LogP contribution >= 0.6 is 0 Å². The van der Waals surface area contributed by atoms with Crippen LogP contribution in [0.4, 0.5) is 21.6 Å². The molecule has 0 radical (unpaired) electrons. The maximum Gasteiger partial charge on any atom is 0.253 e. The molecule has 0 unspecified atom stereocenters. The second-order valence-corrected chi connectivity index (χ2v) is 11.3. The molecule has 3 aromatic carbocycles. The monoisotopic (exact) mass is 558 g/mol. The van der Waals surface area contributed by atoms with Crippen molar-refractivity contribution in [3.63, 3.8) is 0 Å². The minimum atomic E-state index is -3.76. The number of hydrogen-bond donors (Lipinski definition) is 3.